The predicted molar refractivity (Wildman–Crippen MR) is 93.5 cm³/mol. The number of nitrogens with one attached hydrogen (secondary N) is 1. The average molecular weight is 300 g/mol. The van der Waals surface area contributed by atoms with Gasteiger partial charge in [0, 0.05) is 17.8 Å². The van der Waals surface area contributed by atoms with Crippen molar-refractivity contribution in [3.8, 4) is 0 Å². The molecule has 1 aromatic rings. The van der Waals surface area contributed by atoms with Gasteiger partial charge in [-0.05, 0) is 75.8 Å². The SMILES string of the molecule is CC1(C)CCCN1CCN=C(N)Nc1ccc2c(c1)CCC2. The van der Waals surface area contributed by atoms with E-state index in [4.69, 9.17) is 5.73 Å². The molecule has 22 heavy (non-hydrogen) atoms. The maximum Gasteiger partial charge on any atom is 0.193 e. The Morgan fingerprint density at radius 1 is 1.27 bits per heavy atom. The van der Waals surface area contributed by atoms with Crippen LogP contribution in [0.4, 0.5) is 5.69 Å². The summed E-state index contributed by atoms with van der Waals surface area (Å²) in [4.78, 5) is 7.00. The van der Waals surface area contributed by atoms with Gasteiger partial charge in [-0.1, -0.05) is 6.07 Å². The third kappa shape index (κ3) is 3.43. The Balaban J connectivity index is 1.52. The van der Waals surface area contributed by atoms with Crippen LogP contribution < -0.4 is 11.1 Å². The van der Waals surface area contributed by atoms with Gasteiger partial charge in [0.1, 0.15) is 0 Å². The lowest BCUT2D eigenvalue weighted by Gasteiger charge is -2.30. The van der Waals surface area contributed by atoms with Crippen LogP contribution in [0.1, 0.15) is 44.2 Å². The van der Waals surface area contributed by atoms with Crippen molar-refractivity contribution < 1.29 is 0 Å². The molecule has 0 aromatic heterocycles. The molecule has 1 heterocycles. The molecule has 3 rings (SSSR count). The minimum Gasteiger partial charge on any atom is -0.370 e. The van der Waals surface area contributed by atoms with E-state index in [0.29, 0.717) is 11.5 Å². The predicted octanol–water partition coefficient (Wildman–Crippen LogP) is 2.78. The fraction of sp³-hybridized carbons (Fsp3) is 0.611. The number of aryl methyl sites for hydroxylation is 2. The normalized spacial score (nSPS) is 21.1. The summed E-state index contributed by atoms with van der Waals surface area (Å²) >= 11 is 0. The topological polar surface area (TPSA) is 53.6 Å². The largest absolute Gasteiger partial charge is 0.370 e. The van der Waals surface area contributed by atoms with Crippen LogP contribution in [0.5, 0.6) is 0 Å². The van der Waals surface area contributed by atoms with Crippen molar-refractivity contribution in [1.82, 2.24) is 4.90 Å². The Morgan fingerprint density at radius 2 is 2.09 bits per heavy atom. The van der Waals surface area contributed by atoms with Gasteiger partial charge in [-0.25, -0.2) is 0 Å². The van der Waals surface area contributed by atoms with Crippen LogP contribution in [0.2, 0.25) is 0 Å². The van der Waals surface area contributed by atoms with Crippen LogP contribution in [0.15, 0.2) is 23.2 Å². The Morgan fingerprint density at radius 3 is 2.86 bits per heavy atom. The van der Waals surface area contributed by atoms with E-state index in [9.17, 15) is 0 Å². The molecule has 0 saturated carbocycles. The first-order valence-corrected chi connectivity index (χ1v) is 8.48. The van der Waals surface area contributed by atoms with E-state index in [1.165, 1.54) is 49.8 Å². The zero-order chi connectivity index (χ0) is 15.6. The van der Waals surface area contributed by atoms with Crippen LogP contribution >= 0.6 is 0 Å². The van der Waals surface area contributed by atoms with Crippen LogP contribution in [-0.4, -0.2) is 36.0 Å². The van der Waals surface area contributed by atoms with E-state index >= 15 is 0 Å². The first-order chi connectivity index (χ1) is 10.5. The van der Waals surface area contributed by atoms with Crippen molar-refractivity contribution in [2.45, 2.75) is 51.5 Å². The Labute approximate surface area is 133 Å². The lowest BCUT2D eigenvalue weighted by atomic mass is 10.0. The van der Waals surface area contributed by atoms with Crippen molar-refractivity contribution in [3.63, 3.8) is 0 Å². The second kappa shape index (κ2) is 6.29. The van der Waals surface area contributed by atoms with Crippen LogP contribution in [0.3, 0.4) is 0 Å². The third-order valence-electron chi connectivity index (χ3n) is 5.10. The van der Waals surface area contributed by atoms with Gasteiger partial charge in [0.2, 0.25) is 0 Å². The smallest absolute Gasteiger partial charge is 0.193 e. The second-order valence-electron chi connectivity index (χ2n) is 7.13. The standard InChI is InChI=1S/C18H28N4/c1-18(2)9-4-11-22(18)12-10-20-17(19)21-16-8-7-14-5-3-6-15(14)13-16/h7-8,13H,3-6,9-12H2,1-2H3,(H3,19,20,21). The molecule has 4 heteroatoms. The van der Waals surface area contributed by atoms with Crippen molar-refractivity contribution in [3.05, 3.63) is 29.3 Å². The number of benzene rings is 1. The fourth-order valence-corrected chi connectivity index (χ4v) is 3.71. The van der Waals surface area contributed by atoms with E-state index in [0.717, 1.165) is 18.8 Å². The minimum atomic E-state index is 0.317. The van der Waals surface area contributed by atoms with E-state index in [1.807, 2.05) is 0 Å². The van der Waals surface area contributed by atoms with Crippen molar-refractivity contribution in [2.24, 2.45) is 10.7 Å². The number of nitrogens with zero attached hydrogens (tertiary/aromatic N) is 2. The zero-order valence-electron chi connectivity index (χ0n) is 13.9. The number of hydrogen-bond acceptors (Lipinski definition) is 2. The second-order valence-corrected chi connectivity index (χ2v) is 7.13. The maximum absolute atomic E-state index is 6.02. The quantitative estimate of drug-likeness (QED) is 0.664. The molecule has 0 unspecified atom stereocenters. The van der Waals surface area contributed by atoms with E-state index in [1.54, 1.807) is 0 Å². The molecule has 1 aromatic carbocycles. The maximum atomic E-state index is 6.02. The van der Waals surface area contributed by atoms with Gasteiger partial charge in [0.15, 0.2) is 5.96 Å². The van der Waals surface area contributed by atoms with Gasteiger partial charge in [-0.2, -0.15) is 0 Å². The Hall–Kier alpha value is -1.55. The minimum absolute atomic E-state index is 0.317. The first-order valence-electron chi connectivity index (χ1n) is 8.48. The molecule has 1 fully saturated rings. The monoisotopic (exact) mass is 300 g/mol. The molecule has 1 aliphatic heterocycles. The average Bonchev–Trinajstić information content (AvgIpc) is 3.05. The van der Waals surface area contributed by atoms with Gasteiger partial charge in [0.25, 0.3) is 0 Å². The molecule has 0 radical (unpaired) electrons. The van der Waals surface area contributed by atoms with Crippen molar-refractivity contribution in [2.75, 3.05) is 25.0 Å². The molecular formula is C18H28N4. The molecule has 120 valence electrons. The van der Waals surface area contributed by atoms with Crippen LogP contribution in [0.25, 0.3) is 0 Å². The lowest BCUT2D eigenvalue weighted by Crippen LogP contribution is -2.40. The van der Waals surface area contributed by atoms with Crippen LogP contribution in [0, 0.1) is 0 Å². The number of fused-ring (bicyclic) bond motifs is 1. The molecule has 0 spiro atoms. The lowest BCUT2D eigenvalue weighted by molar-refractivity contribution is 0.180. The fourth-order valence-electron chi connectivity index (χ4n) is 3.71. The number of hydrogen-bond donors (Lipinski definition) is 2. The third-order valence-corrected chi connectivity index (χ3v) is 5.10. The van der Waals surface area contributed by atoms with Gasteiger partial charge < -0.3 is 11.1 Å². The zero-order valence-corrected chi connectivity index (χ0v) is 13.9. The number of nitrogens with two attached hydrogens (primary N) is 1. The van der Waals surface area contributed by atoms with E-state index in [2.05, 4.69) is 47.3 Å². The summed E-state index contributed by atoms with van der Waals surface area (Å²) in [5.41, 5.74) is 10.3. The molecule has 0 atom stereocenters. The van der Waals surface area contributed by atoms with Crippen LogP contribution in [-0.2, 0) is 12.8 Å². The van der Waals surface area contributed by atoms with Crippen molar-refractivity contribution in [1.29, 1.82) is 0 Å². The van der Waals surface area contributed by atoms with Gasteiger partial charge >= 0.3 is 0 Å². The molecule has 3 N–H and O–H groups in total. The number of rotatable bonds is 4. The summed E-state index contributed by atoms with van der Waals surface area (Å²) in [5.74, 6) is 0.523. The summed E-state index contributed by atoms with van der Waals surface area (Å²) in [6.45, 7) is 7.55. The highest BCUT2D eigenvalue weighted by Gasteiger charge is 2.30. The van der Waals surface area contributed by atoms with E-state index < -0.39 is 0 Å². The Kier molecular flexibility index (Phi) is 4.39. The highest BCUT2D eigenvalue weighted by atomic mass is 15.2. The molecule has 2 aliphatic rings. The molecule has 4 nitrogen and oxygen atoms in total. The molecular weight excluding hydrogens is 272 g/mol. The summed E-state index contributed by atoms with van der Waals surface area (Å²) in [7, 11) is 0. The summed E-state index contributed by atoms with van der Waals surface area (Å²) in [6.07, 6.45) is 6.24. The van der Waals surface area contributed by atoms with Crippen molar-refractivity contribution >= 4 is 11.6 Å². The van der Waals surface area contributed by atoms with Gasteiger partial charge in [0.05, 0.1) is 6.54 Å². The summed E-state index contributed by atoms with van der Waals surface area (Å²) in [6, 6.07) is 6.54. The number of guanidine groups is 1. The molecule has 0 amide bonds. The summed E-state index contributed by atoms with van der Waals surface area (Å²) in [5, 5.41) is 3.23. The number of aliphatic imine (C=N–C) groups is 1. The molecule has 1 saturated heterocycles. The highest BCUT2D eigenvalue weighted by molar-refractivity contribution is 5.92. The molecule has 1 aliphatic carbocycles. The van der Waals surface area contributed by atoms with Gasteiger partial charge in [-0.15, -0.1) is 0 Å². The summed E-state index contributed by atoms with van der Waals surface area (Å²) < 4.78 is 0. The van der Waals surface area contributed by atoms with E-state index in [-0.39, 0.29) is 0 Å². The Bertz CT molecular complexity index is 562. The molecule has 0 bridgehead atoms. The first kappa shape index (κ1) is 15.3. The highest BCUT2D eigenvalue weighted by Crippen LogP contribution is 2.27. The number of likely N-dealkylation sites (tertiary alicyclic amines) is 1. The number of anilines is 1. The van der Waals surface area contributed by atoms with Gasteiger partial charge in [-0.3, -0.25) is 9.89 Å².